The predicted molar refractivity (Wildman–Crippen MR) is 73.8 cm³/mol. The normalized spacial score (nSPS) is 18.8. The minimum Gasteiger partial charge on any atom is -0.375 e. The molecule has 0 saturated heterocycles. The van der Waals surface area contributed by atoms with Gasteiger partial charge in [-0.05, 0) is 36.1 Å². The highest BCUT2D eigenvalue weighted by Gasteiger charge is 2.23. The van der Waals surface area contributed by atoms with Crippen LogP contribution in [0.15, 0.2) is 12.1 Å². The van der Waals surface area contributed by atoms with E-state index >= 15 is 0 Å². The fourth-order valence-corrected chi connectivity index (χ4v) is 2.41. The summed E-state index contributed by atoms with van der Waals surface area (Å²) in [5, 5.41) is 3.58. The number of nitrogens with one attached hydrogen (secondary N) is 1. The van der Waals surface area contributed by atoms with Gasteiger partial charge in [-0.25, -0.2) is 0 Å². The summed E-state index contributed by atoms with van der Waals surface area (Å²) in [7, 11) is 0. The number of ether oxygens (including phenoxy) is 1. The van der Waals surface area contributed by atoms with Crippen LogP contribution in [-0.4, -0.2) is 12.6 Å². The first-order valence-electron chi connectivity index (χ1n) is 6.02. The van der Waals surface area contributed by atoms with E-state index in [0.717, 1.165) is 13.2 Å². The third kappa shape index (κ3) is 3.01. The molecule has 1 aliphatic rings. The monoisotopic (exact) mass is 255 g/mol. The van der Waals surface area contributed by atoms with Crippen molar-refractivity contribution in [3.63, 3.8) is 0 Å². The van der Waals surface area contributed by atoms with Crippen LogP contribution in [0.25, 0.3) is 0 Å². The van der Waals surface area contributed by atoms with Crippen molar-refractivity contribution in [2.45, 2.75) is 46.4 Å². The van der Waals surface area contributed by atoms with Gasteiger partial charge in [-0.2, -0.15) is 0 Å². The van der Waals surface area contributed by atoms with Crippen molar-refractivity contribution in [2.24, 2.45) is 0 Å². The molecule has 1 N–H and O–H groups in total. The Morgan fingerprint density at radius 3 is 2.65 bits per heavy atom. The quantitative estimate of drug-likeness (QED) is 0.876. The third-order valence-electron chi connectivity index (χ3n) is 3.30. The molecule has 0 radical (unpaired) electrons. The van der Waals surface area contributed by atoms with Gasteiger partial charge in [-0.3, -0.25) is 0 Å². The van der Waals surface area contributed by atoms with Crippen molar-refractivity contribution >= 4 is 12.4 Å². The van der Waals surface area contributed by atoms with Crippen LogP contribution in [0.2, 0.25) is 0 Å². The number of aryl methyl sites for hydroxylation is 1. The van der Waals surface area contributed by atoms with Gasteiger partial charge >= 0.3 is 0 Å². The maximum absolute atomic E-state index is 5.64. The summed E-state index contributed by atoms with van der Waals surface area (Å²) >= 11 is 0. The number of rotatable bonds is 2. The topological polar surface area (TPSA) is 21.3 Å². The first-order valence-corrected chi connectivity index (χ1v) is 6.02. The Labute approximate surface area is 110 Å². The van der Waals surface area contributed by atoms with Gasteiger partial charge in [0.25, 0.3) is 0 Å². The van der Waals surface area contributed by atoms with Crippen molar-refractivity contribution in [3.05, 3.63) is 34.4 Å². The predicted octanol–water partition coefficient (Wildman–Crippen LogP) is 3.29. The van der Waals surface area contributed by atoms with Crippen LogP contribution in [0, 0.1) is 13.8 Å². The van der Waals surface area contributed by atoms with Gasteiger partial charge in [-0.15, -0.1) is 12.4 Å². The highest BCUT2D eigenvalue weighted by molar-refractivity contribution is 5.85. The van der Waals surface area contributed by atoms with Crippen molar-refractivity contribution < 1.29 is 4.74 Å². The molecule has 0 aromatic heterocycles. The van der Waals surface area contributed by atoms with E-state index in [1.165, 1.54) is 22.3 Å². The Bertz CT molecular complexity index is 390. The molecule has 3 heteroatoms. The number of halogens is 1. The fourth-order valence-electron chi connectivity index (χ4n) is 2.41. The van der Waals surface area contributed by atoms with E-state index in [2.05, 4.69) is 45.1 Å². The molecule has 2 rings (SSSR count). The molecule has 0 fully saturated rings. The van der Waals surface area contributed by atoms with Crippen molar-refractivity contribution in [2.75, 3.05) is 6.61 Å². The second-order valence-electron chi connectivity index (χ2n) is 4.97. The summed E-state index contributed by atoms with van der Waals surface area (Å²) in [4.78, 5) is 0. The van der Waals surface area contributed by atoms with Crippen LogP contribution in [-0.2, 0) is 11.3 Å². The summed E-state index contributed by atoms with van der Waals surface area (Å²) in [6.07, 6.45) is 0. The van der Waals surface area contributed by atoms with Gasteiger partial charge in [0, 0.05) is 6.04 Å². The number of benzene rings is 1. The average molecular weight is 256 g/mol. The number of fused-ring (bicyclic) bond motifs is 1. The molecule has 1 heterocycles. The molecule has 1 atom stereocenters. The first-order chi connectivity index (χ1) is 7.59. The van der Waals surface area contributed by atoms with E-state index < -0.39 is 0 Å². The molecular weight excluding hydrogens is 234 g/mol. The maximum Gasteiger partial charge on any atom is 0.0721 e. The third-order valence-corrected chi connectivity index (χ3v) is 3.30. The minimum atomic E-state index is 0. The highest BCUT2D eigenvalue weighted by Crippen LogP contribution is 2.29. The van der Waals surface area contributed by atoms with E-state index in [-0.39, 0.29) is 12.4 Å². The summed E-state index contributed by atoms with van der Waals surface area (Å²) in [5.74, 6) is 0. The Morgan fingerprint density at radius 1 is 1.29 bits per heavy atom. The maximum atomic E-state index is 5.64. The minimum absolute atomic E-state index is 0. The zero-order valence-electron chi connectivity index (χ0n) is 11.0. The van der Waals surface area contributed by atoms with Gasteiger partial charge < -0.3 is 10.1 Å². The standard InChI is InChI=1S/C14H21NO.ClH/c1-9(2)15-13-8-16-7-12-6-5-10(3)11(4)14(12)13;/h5-6,9,13,15H,7-8H2,1-4H3;1H. The van der Waals surface area contributed by atoms with E-state index in [9.17, 15) is 0 Å². The van der Waals surface area contributed by atoms with Crippen LogP contribution in [0.3, 0.4) is 0 Å². The van der Waals surface area contributed by atoms with E-state index in [0.29, 0.717) is 12.1 Å². The molecule has 0 spiro atoms. The molecular formula is C14H22ClNO. The largest absolute Gasteiger partial charge is 0.375 e. The Kier molecular flexibility index (Phi) is 4.99. The summed E-state index contributed by atoms with van der Waals surface area (Å²) in [6.45, 7) is 10.3. The van der Waals surface area contributed by atoms with Crippen LogP contribution in [0.4, 0.5) is 0 Å². The van der Waals surface area contributed by atoms with Gasteiger partial charge in [0.1, 0.15) is 0 Å². The Morgan fingerprint density at radius 2 is 2.00 bits per heavy atom. The zero-order chi connectivity index (χ0) is 11.7. The average Bonchev–Trinajstić information content (AvgIpc) is 2.23. The summed E-state index contributed by atoms with van der Waals surface area (Å²) in [6, 6.07) is 5.23. The van der Waals surface area contributed by atoms with Crippen LogP contribution >= 0.6 is 12.4 Å². The lowest BCUT2D eigenvalue weighted by Gasteiger charge is -2.30. The lowest BCUT2D eigenvalue weighted by Crippen LogP contribution is -2.35. The lowest BCUT2D eigenvalue weighted by molar-refractivity contribution is 0.0794. The lowest BCUT2D eigenvalue weighted by atomic mass is 9.91. The SMILES string of the molecule is Cc1ccc2c(c1C)C(NC(C)C)COC2.Cl. The smallest absolute Gasteiger partial charge is 0.0721 e. The number of hydrogen-bond acceptors (Lipinski definition) is 2. The first kappa shape index (κ1) is 14.5. The molecule has 96 valence electrons. The molecule has 0 bridgehead atoms. The molecule has 1 aromatic rings. The van der Waals surface area contributed by atoms with E-state index in [4.69, 9.17) is 4.74 Å². The molecule has 2 nitrogen and oxygen atoms in total. The van der Waals surface area contributed by atoms with E-state index in [1.54, 1.807) is 0 Å². The Hall–Kier alpha value is -0.570. The zero-order valence-corrected chi connectivity index (χ0v) is 11.9. The summed E-state index contributed by atoms with van der Waals surface area (Å²) < 4.78 is 5.64. The number of hydrogen-bond donors (Lipinski definition) is 1. The van der Waals surface area contributed by atoms with Crippen molar-refractivity contribution in [3.8, 4) is 0 Å². The molecule has 1 aliphatic heterocycles. The van der Waals surface area contributed by atoms with Crippen molar-refractivity contribution in [1.82, 2.24) is 5.32 Å². The molecule has 1 aromatic carbocycles. The second-order valence-corrected chi connectivity index (χ2v) is 4.97. The molecule has 17 heavy (non-hydrogen) atoms. The molecule has 0 saturated carbocycles. The second kappa shape index (κ2) is 5.85. The highest BCUT2D eigenvalue weighted by atomic mass is 35.5. The van der Waals surface area contributed by atoms with Gasteiger partial charge in [0.2, 0.25) is 0 Å². The molecule has 0 amide bonds. The molecule has 0 aliphatic carbocycles. The van der Waals surface area contributed by atoms with Gasteiger partial charge in [0.15, 0.2) is 0 Å². The molecule has 1 unspecified atom stereocenters. The van der Waals surface area contributed by atoms with Gasteiger partial charge in [0.05, 0.1) is 19.3 Å². The summed E-state index contributed by atoms with van der Waals surface area (Å²) in [5.41, 5.74) is 5.59. The van der Waals surface area contributed by atoms with E-state index in [1.807, 2.05) is 0 Å². The van der Waals surface area contributed by atoms with Crippen LogP contribution in [0.1, 0.15) is 42.1 Å². The van der Waals surface area contributed by atoms with Crippen LogP contribution in [0.5, 0.6) is 0 Å². The van der Waals surface area contributed by atoms with Crippen molar-refractivity contribution in [1.29, 1.82) is 0 Å². The van der Waals surface area contributed by atoms with Gasteiger partial charge in [-0.1, -0.05) is 26.0 Å². The fraction of sp³-hybridized carbons (Fsp3) is 0.571. The Balaban J connectivity index is 0.00000144. The van der Waals surface area contributed by atoms with Crippen LogP contribution < -0.4 is 5.32 Å².